The third kappa shape index (κ3) is 1.74. The molecule has 0 radical (unpaired) electrons. The monoisotopic (exact) mass is 298 g/mol. The number of fused-ring (bicyclic) bond motifs is 1. The van der Waals surface area contributed by atoms with Gasteiger partial charge in [-0.1, -0.05) is 0 Å². The summed E-state index contributed by atoms with van der Waals surface area (Å²) in [7, 11) is 0. The van der Waals surface area contributed by atoms with E-state index >= 15 is 4.39 Å². The van der Waals surface area contributed by atoms with Gasteiger partial charge in [0.15, 0.2) is 23.1 Å². The molecule has 3 heterocycles. The number of rotatable bonds is 2. The molecule has 0 unspecified atom stereocenters. The summed E-state index contributed by atoms with van der Waals surface area (Å²) in [6.45, 7) is 1.89. The second kappa shape index (κ2) is 4.33. The molecule has 2 aromatic rings. The Bertz CT molecular complexity index is 738. The number of aliphatic hydroxyl groups is 2. The number of aromatic amines is 1. The summed E-state index contributed by atoms with van der Waals surface area (Å²) in [6, 6.07) is 0. The first-order valence-electron chi connectivity index (χ1n) is 6.38. The molecule has 0 amide bonds. The lowest BCUT2D eigenvalue weighted by Crippen LogP contribution is -2.51. The summed E-state index contributed by atoms with van der Waals surface area (Å²) in [4.78, 5) is 21.8. The Morgan fingerprint density at radius 1 is 1.52 bits per heavy atom. The topological polar surface area (TPSA) is 113 Å². The van der Waals surface area contributed by atoms with Gasteiger partial charge in [-0.25, -0.2) is 14.4 Å². The predicted octanol–water partition coefficient (Wildman–Crippen LogP) is -0.511. The summed E-state index contributed by atoms with van der Waals surface area (Å²) in [5.74, 6) is 0. The van der Waals surface area contributed by atoms with Crippen molar-refractivity contribution in [2.24, 2.45) is 0 Å². The van der Waals surface area contributed by atoms with Crippen molar-refractivity contribution >= 4 is 11.2 Å². The molecular formula is C12H15FN4O4. The Labute approximate surface area is 118 Å². The minimum Gasteiger partial charge on any atom is -0.394 e. The number of aliphatic hydroxyl groups excluding tert-OH is 1. The lowest BCUT2D eigenvalue weighted by atomic mass is 9.85. The molecule has 2 aromatic heterocycles. The van der Waals surface area contributed by atoms with Crippen LogP contribution in [0.4, 0.5) is 4.39 Å². The van der Waals surface area contributed by atoms with Crippen LogP contribution in [-0.4, -0.2) is 53.7 Å². The Balaban J connectivity index is 2.15. The van der Waals surface area contributed by atoms with E-state index in [0.29, 0.717) is 0 Å². The third-order valence-electron chi connectivity index (χ3n) is 4.16. The van der Waals surface area contributed by atoms with Gasteiger partial charge in [-0.2, -0.15) is 0 Å². The van der Waals surface area contributed by atoms with E-state index in [4.69, 9.17) is 4.74 Å². The van der Waals surface area contributed by atoms with Gasteiger partial charge in [0.05, 0.1) is 19.3 Å². The maximum Gasteiger partial charge on any atom is 0.278 e. The molecule has 0 aliphatic carbocycles. The fourth-order valence-electron chi connectivity index (χ4n) is 2.56. The molecule has 0 saturated carbocycles. The van der Waals surface area contributed by atoms with Crippen LogP contribution in [0.5, 0.6) is 0 Å². The highest BCUT2D eigenvalue weighted by molar-refractivity contribution is 5.69. The second-order valence-electron chi connectivity index (χ2n) is 5.44. The number of nitrogens with zero attached hydrogens (tertiary/aromatic N) is 3. The molecule has 1 aliphatic rings. The van der Waals surface area contributed by atoms with E-state index in [-0.39, 0.29) is 11.2 Å². The van der Waals surface area contributed by atoms with Crippen LogP contribution in [-0.2, 0) is 4.74 Å². The molecular weight excluding hydrogens is 283 g/mol. The number of hydrogen-bond acceptors (Lipinski definition) is 6. The van der Waals surface area contributed by atoms with E-state index in [2.05, 4.69) is 15.0 Å². The van der Waals surface area contributed by atoms with Gasteiger partial charge >= 0.3 is 0 Å². The summed E-state index contributed by atoms with van der Waals surface area (Å²) in [5, 5.41) is 19.6. The Hall–Kier alpha value is -1.84. The number of nitrogens with one attached hydrogen (secondary N) is 1. The van der Waals surface area contributed by atoms with Crippen LogP contribution in [0.15, 0.2) is 17.4 Å². The summed E-state index contributed by atoms with van der Waals surface area (Å²) in [5.41, 5.74) is -4.38. The number of aromatic nitrogens is 4. The molecule has 21 heavy (non-hydrogen) atoms. The van der Waals surface area contributed by atoms with Crippen LogP contribution in [0, 0.1) is 0 Å². The maximum atomic E-state index is 15.0. The van der Waals surface area contributed by atoms with Gasteiger partial charge in [0.25, 0.3) is 5.56 Å². The lowest BCUT2D eigenvalue weighted by Gasteiger charge is -2.32. The van der Waals surface area contributed by atoms with Crippen molar-refractivity contribution in [3.63, 3.8) is 0 Å². The zero-order valence-electron chi connectivity index (χ0n) is 11.4. The number of alkyl halides is 1. The number of H-pyrrole nitrogens is 1. The van der Waals surface area contributed by atoms with Crippen LogP contribution in [0.2, 0.25) is 0 Å². The van der Waals surface area contributed by atoms with E-state index < -0.39 is 35.8 Å². The Morgan fingerprint density at radius 3 is 2.86 bits per heavy atom. The molecule has 1 saturated heterocycles. The number of ether oxygens (including phenoxy) is 1. The van der Waals surface area contributed by atoms with Gasteiger partial charge in [-0.15, -0.1) is 0 Å². The smallest absolute Gasteiger partial charge is 0.278 e. The summed E-state index contributed by atoms with van der Waals surface area (Å²) >= 11 is 0. The van der Waals surface area contributed by atoms with E-state index in [1.54, 1.807) is 0 Å². The van der Waals surface area contributed by atoms with Crippen molar-refractivity contribution in [2.45, 2.75) is 37.4 Å². The highest BCUT2D eigenvalue weighted by Gasteiger charge is 2.63. The van der Waals surface area contributed by atoms with Gasteiger partial charge in [0, 0.05) is 0 Å². The van der Waals surface area contributed by atoms with Crippen LogP contribution in [0.25, 0.3) is 11.2 Å². The van der Waals surface area contributed by atoms with E-state index in [1.165, 1.54) is 31.1 Å². The predicted molar refractivity (Wildman–Crippen MR) is 69.3 cm³/mol. The Morgan fingerprint density at radius 2 is 2.24 bits per heavy atom. The van der Waals surface area contributed by atoms with E-state index in [9.17, 15) is 15.0 Å². The Kier molecular flexibility index (Phi) is 2.91. The second-order valence-corrected chi connectivity index (χ2v) is 5.44. The molecule has 4 atom stereocenters. The average molecular weight is 298 g/mol. The van der Waals surface area contributed by atoms with Crippen LogP contribution in [0.1, 0.15) is 20.1 Å². The van der Waals surface area contributed by atoms with Crippen molar-refractivity contribution in [2.75, 3.05) is 6.61 Å². The molecule has 3 N–H and O–H groups in total. The van der Waals surface area contributed by atoms with Crippen molar-refractivity contribution in [3.05, 3.63) is 23.0 Å². The summed E-state index contributed by atoms with van der Waals surface area (Å²) in [6.07, 6.45) is 0.0428. The largest absolute Gasteiger partial charge is 0.394 e. The standard InChI is InChI=1S/C12H15FN4O4/c1-11(13)10(21-6(3-18)12(11,2)20)17-5-16-7-8(17)14-4-15-9(7)19/h4-6,10,18,20H,3H2,1-2H3,(H,14,15,19)/t6-,10-,11+,12-/m1/s1. The van der Waals surface area contributed by atoms with Crippen LogP contribution < -0.4 is 5.56 Å². The SMILES string of the molecule is C[C@]1(F)[C@H](n2cnc3c(=O)[nH]cnc32)O[C@H](CO)[C@@]1(C)O. The molecule has 0 aromatic carbocycles. The van der Waals surface area contributed by atoms with Gasteiger partial charge < -0.3 is 19.9 Å². The average Bonchev–Trinajstić information content (AvgIpc) is 2.90. The van der Waals surface area contributed by atoms with Crippen molar-refractivity contribution in [1.29, 1.82) is 0 Å². The molecule has 1 aliphatic heterocycles. The number of imidazole rings is 1. The molecule has 0 spiro atoms. The number of hydrogen-bond donors (Lipinski definition) is 3. The van der Waals surface area contributed by atoms with Crippen molar-refractivity contribution in [3.8, 4) is 0 Å². The maximum absolute atomic E-state index is 15.0. The zero-order chi connectivity index (χ0) is 15.4. The zero-order valence-corrected chi connectivity index (χ0v) is 11.4. The highest BCUT2D eigenvalue weighted by atomic mass is 19.1. The molecule has 0 bridgehead atoms. The first-order chi connectivity index (χ1) is 9.80. The van der Waals surface area contributed by atoms with Gasteiger partial charge in [-0.3, -0.25) is 9.36 Å². The highest BCUT2D eigenvalue weighted by Crippen LogP contribution is 2.48. The minimum absolute atomic E-state index is 0.0454. The van der Waals surface area contributed by atoms with Crippen LogP contribution in [0.3, 0.4) is 0 Å². The first-order valence-corrected chi connectivity index (χ1v) is 6.38. The lowest BCUT2D eigenvalue weighted by molar-refractivity contribution is -0.0891. The minimum atomic E-state index is -2.21. The third-order valence-corrected chi connectivity index (χ3v) is 4.16. The molecule has 114 valence electrons. The van der Waals surface area contributed by atoms with E-state index in [0.717, 1.165) is 0 Å². The molecule has 1 fully saturated rings. The van der Waals surface area contributed by atoms with Gasteiger partial charge in [0.2, 0.25) is 0 Å². The number of halogens is 1. The fourth-order valence-corrected chi connectivity index (χ4v) is 2.56. The van der Waals surface area contributed by atoms with Gasteiger partial charge in [0.1, 0.15) is 11.7 Å². The van der Waals surface area contributed by atoms with Crippen molar-refractivity contribution < 1.29 is 19.3 Å². The molecule has 3 rings (SSSR count). The first kappa shape index (κ1) is 14.1. The fraction of sp³-hybridized carbons (Fsp3) is 0.583. The molecule has 8 nitrogen and oxygen atoms in total. The molecule has 9 heteroatoms. The summed E-state index contributed by atoms with van der Waals surface area (Å²) < 4.78 is 21.7. The van der Waals surface area contributed by atoms with Gasteiger partial charge in [-0.05, 0) is 13.8 Å². The van der Waals surface area contributed by atoms with Crippen LogP contribution >= 0.6 is 0 Å². The van der Waals surface area contributed by atoms with E-state index in [1.807, 2.05) is 0 Å². The quantitative estimate of drug-likeness (QED) is 0.688. The normalized spacial score (nSPS) is 36.4. The van der Waals surface area contributed by atoms with Crippen molar-refractivity contribution in [1.82, 2.24) is 19.5 Å².